The van der Waals surface area contributed by atoms with Gasteiger partial charge < -0.3 is 4.74 Å². The van der Waals surface area contributed by atoms with E-state index in [0.29, 0.717) is 16.3 Å². The summed E-state index contributed by atoms with van der Waals surface area (Å²) in [5.74, 6) is 0.819. The van der Waals surface area contributed by atoms with E-state index < -0.39 is 4.92 Å². The van der Waals surface area contributed by atoms with Crippen LogP contribution in [0.3, 0.4) is 0 Å². The van der Waals surface area contributed by atoms with Crippen LogP contribution in [0.2, 0.25) is 5.02 Å². The molecule has 0 aromatic heterocycles. The number of hydrazone groups is 1. The number of nitro benzene ring substituents is 1. The quantitative estimate of drug-likeness (QED) is 0.419. The third-order valence-corrected chi connectivity index (χ3v) is 4.47. The summed E-state index contributed by atoms with van der Waals surface area (Å²) in [6, 6.07) is 11.8. The fraction of sp³-hybridized carbons (Fsp3) is 0.176. The minimum absolute atomic E-state index is 0.162. The highest BCUT2D eigenvalue weighted by Gasteiger charge is 2.14. The lowest BCUT2D eigenvalue weighted by Crippen LogP contribution is -2.19. The van der Waals surface area contributed by atoms with Crippen LogP contribution in [-0.4, -0.2) is 29.9 Å². The molecule has 0 saturated carbocycles. The summed E-state index contributed by atoms with van der Waals surface area (Å²) in [4.78, 5) is 22.2. The summed E-state index contributed by atoms with van der Waals surface area (Å²) < 4.78 is 4.93. The highest BCUT2D eigenvalue weighted by molar-refractivity contribution is 7.99. The Bertz CT molecular complexity index is 812. The van der Waals surface area contributed by atoms with Crippen molar-refractivity contribution in [3.8, 4) is 5.75 Å². The Kier molecular flexibility index (Phi) is 7.43. The van der Waals surface area contributed by atoms with Crippen molar-refractivity contribution in [2.24, 2.45) is 5.10 Å². The number of halogens is 1. The van der Waals surface area contributed by atoms with Crippen molar-refractivity contribution >= 4 is 41.2 Å². The Morgan fingerprint density at radius 2 is 2.08 bits per heavy atom. The standard InChI is InChI=1S/C17H16ClN3O4S/c1-25-16-7-4-13(8-15(16)21(23)24)9-19-20-17(22)11-26-10-12-2-5-14(18)6-3-12/h2-9H,10-11H2,1H3,(H,20,22)/b19-9-. The van der Waals surface area contributed by atoms with E-state index in [0.717, 1.165) is 5.56 Å². The van der Waals surface area contributed by atoms with Crippen LogP contribution in [-0.2, 0) is 10.5 Å². The lowest BCUT2D eigenvalue weighted by Gasteiger charge is -2.03. The topological polar surface area (TPSA) is 93.8 Å². The van der Waals surface area contributed by atoms with Crippen LogP contribution in [0, 0.1) is 10.1 Å². The van der Waals surface area contributed by atoms with Gasteiger partial charge in [0.05, 0.1) is 24.0 Å². The molecule has 0 aliphatic rings. The molecule has 1 N–H and O–H groups in total. The van der Waals surface area contributed by atoms with Gasteiger partial charge in [-0.25, -0.2) is 5.43 Å². The molecule has 1 amide bonds. The molecule has 7 nitrogen and oxygen atoms in total. The molecule has 26 heavy (non-hydrogen) atoms. The maximum Gasteiger partial charge on any atom is 0.311 e. The molecular formula is C17H16ClN3O4S. The number of amides is 1. The number of carbonyl (C=O) groups excluding carboxylic acids is 1. The summed E-state index contributed by atoms with van der Waals surface area (Å²) in [5, 5.41) is 15.5. The van der Waals surface area contributed by atoms with Crippen molar-refractivity contribution in [2.45, 2.75) is 5.75 Å². The first-order valence-corrected chi connectivity index (χ1v) is 8.99. The van der Waals surface area contributed by atoms with Gasteiger partial charge in [0.15, 0.2) is 5.75 Å². The Morgan fingerprint density at radius 3 is 2.73 bits per heavy atom. The molecule has 2 aromatic rings. The van der Waals surface area contributed by atoms with Gasteiger partial charge in [-0.3, -0.25) is 14.9 Å². The van der Waals surface area contributed by atoms with E-state index in [-0.39, 0.29) is 23.1 Å². The summed E-state index contributed by atoms with van der Waals surface area (Å²) in [6.45, 7) is 0. The van der Waals surface area contributed by atoms with Gasteiger partial charge in [0.1, 0.15) is 0 Å². The number of nitrogens with one attached hydrogen (secondary N) is 1. The number of carbonyl (C=O) groups is 1. The number of nitro groups is 1. The fourth-order valence-electron chi connectivity index (χ4n) is 1.98. The molecule has 2 rings (SSSR count). The zero-order valence-electron chi connectivity index (χ0n) is 13.8. The van der Waals surface area contributed by atoms with E-state index in [4.69, 9.17) is 16.3 Å². The van der Waals surface area contributed by atoms with Gasteiger partial charge in [-0.1, -0.05) is 23.7 Å². The van der Waals surface area contributed by atoms with Crippen LogP contribution in [0.25, 0.3) is 0 Å². The zero-order valence-corrected chi connectivity index (χ0v) is 15.4. The number of ether oxygens (including phenoxy) is 1. The van der Waals surface area contributed by atoms with Crippen molar-refractivity contribution in [2.75, 3.05) is 12.9 Å². The highest BCUT2D eigenvalue weighted by Crippen LogP contribution is 2.26. The molecule has 0 fully saturated rings. The van der Waals surface area contributed by atoms with Gasteiger partial charge in [0.2, 0.25) is 5.91 Å². The largest absolute Gasteiger partial charge is 0.490 e. The second-order valence-corrected chi connectivity index (χ2v) is 6.52. The highest BCUT2D eigenvalue weighted by atomic mass is 35.5. The third kappa shape index (κ3) is 6.05. The monoisotopic (exact) mass is 393 g/mol. The van der Waals surface area contributed by atoms with Crippen molar-refractivity contribution < 1.29 is 14.5 Å². The number of rotatable bonds is 8. The molecule has 0 spiro atoms. The summed E-state index contributed by atoms with van der Waals surface area (Å²) in [5.41, 5.74) is 3.77. The number of benzene rings is 2. The van der Waals surface area contributed by atoms with Crippen LogP contribution >= 0.6 is 23.4 Å². The number of hydrogen-bond donors (Lipinski definition) is 1. The number of thioether (sulfide) groups is 1. The van der Waals surface area contributed by atoms with Gasteiger partial charge in [-0.2, -0.15) is 5.10 Å². The minimum atomic E-state index is -0.540. The first kappa shape index (κ1) is 19.7. The van der Waals surface area contributed by atoms with Gasteiger partial charge in [-0.05, 0) is 29.8 Å². The molecule has 0 atom stereocenters. The summed E-state index contributed by atoms with van der Waals surface area (Å²) in [6.07, 6.45) is 1.34. The Balaban J connectivity index is 1.82. The second-order valence-electron chi connectivity index (χ2n) is 5.10. The van der Waals surface area contributed by atoms with Gasteiger partial charge in [0.25, 0.3) is 0 Å². The molecule has 9 heteroatoms. The van der Waals surface area contributed by atoms with Gasteiger partial charge in [-0.15, -0.1) is 11.8 Å². The molecule has 0 radical (unpaired) electrons. The first-order valence-electron chi connectivity index (χ1n) is 7.46. The molecule has 0 aliphatic carbocycles. The predicted molar refractivity (Wildman–Crippen MR) is 103 cm³/mol. The average molecular weight is 394 g/mol. The number of nitrogens with zero attached hydrogens (tertiary/aromatic N) is 2. The Labute approximate surface area is 159 Å². The molecule has 0 heterocycles. The lowest BCUT2D eigenvalue weighted by atomic mass is 10.2. The fourth-order valence-corrected chi connectivity index (χ4v) is 2.89. The van der Waals surface area contributed by atoms with E-state index in [1.54, 1.807) is 18.2 Å². The lowest BCUT2D eigenvalue weighted by molar-refractivity contribution is -0.385. The summed E-state index contributed by atoms with van der Waals surface area (Å²) in [7, 11) is 1.36. The number of methoxy groups -OCH3 is 1. The third-order valence-electron chi connectivity index (χ3n) is 3.22. The SMILES string of the molecule is COc1ccc(/C=N\NC(=O)CSCc2ccc(Cl)cc2)cc1[N+](=O)[O-]. The van der Waals surface area contributed by atoms with Crippen LogP contribution in [0.15, 0.2) is 47.6 Å². The number of hydrogen-bond acceptors (Lipinski definition) is 6. The van der Waals surface area contributed by atoms with Gasteiger partial charge >= 0.3 is 5.69 Å². The van der Waals surface area contributed by atoms with E-state index >= 15 is 0 Å². The molecule has 0 aliphatic heterocycles. The van der Waals surface area contributed by atoms with E-state index in [2.05, 4.69) is 10.5 Å². The van der Waals surface area contributed by atoms with Crippen molar-refractivity contribution in [3.63, 3.8) is 0 Å². The minimum Gasteiger partial charge on any atom is -0.490 e. The molecule has 0 bridgehead atoms. The van der Waals surface area contributed by atoms with Crippen LogP contribution in [0.5, 0.6) is 5.75 Å². The summed E-state index contributed by atoms with van der Waals surface area (Å²) >= 11 is 7.26. The molecule has 0 saturated heterocycles. The smallest absolute Gasteiger partial charge is 0.311 e. The maximum absolute atomic E-state index is 11.8. The van der Waals surface area contributed by atoms with E-state index in [9.17, 15) is 14.9 Å². The maximum atomic E-state index is 11.8. The molecule has 136 valence electrons. The van der Waals surface area contributed by atoms with Crippen LogP contribution in [0.1, 0.15) is 11.1 Å². The molecular weight excluding hydrogens is 378 g/mol. The first-order chi connectivity index (χ1) is 12.5. The van der Waals surface area contributed by atoms with E-state index in [1.165, 1.54) is 37.2 Å². The van der Waals surface area contributed by atoms with Crippen molar-refractivity contribution in [1.29, 1.82) is 0 Å². The van der Waals surface area contributed by atoms with Crippen LogP contribution < -0.4 is 10.2 Å². The zero-order chi connectivity index (χ0) is 18.9. The van der Waals surface area contributed by atoms with Crippen LogP contribution in [0.4, 0.5) is 5.69 Å². The molecule has 2 aromatic carbocycles. The Hall–Kier alpha value is -2.58. The van der Waals surface area contributed by atoms with Crippen molar-refractivity contribution in [1.82, 2.24) is 5.43 Å². The van der Waals surface area contributed by atoms with Crippen molar-refractivity contribution in [3.05, 3.63) is 68.7 Å². The second kappa shape index (κ2) is 9.79. The average Bonchev–Trinajstić information content (AvgIpc) is 2.63. The normalized spacial score (nSPS) is 10.7. The Morgan fingerprint density at radius 1 is 1.35 bits per heavy atom. The van der Waals surface area contributed by atoms with Gasteiger partial charge in [0, 0.05) is 22.4 Å². The predicted octanol–water partition coefficient (Wildman–Crippen LogP) is 3.64. The molecule has 0 unspecified atom stereocenters. The van der Waals surface area contributed by atoms with E-state index in [1.807, 2.05) is 12.1 Å².